The van der Waals surface area contributed by atoms with Crippen molar-refractivity contribution in [3.8, 4) is 11.1 Å². The summed E-state index contributed by atoms with van der Waals surface area (Å²) in [4.78, 5) is 18.0. The van der Waals surface area contributed by atoms with Gasteiger partial charge in [0.2, 0.25) is 0 Å². The first-order valence-corrected chi connectivity index (χ1v) is 7.13. The molecule has 1 atom stereocenters. The summed E-state index contributed by atoms with van der Waals surface area (Å²) < 4.78 is 11.1. The summed E-state index contributed by atoms with van der Waals surface area (Å²) in [5, 5.41) is 0. The second kappa shape index (κ2) is 5.04. The Bertz CT molecular complexity index is 563. The maximum Gasteiger partial charge on any atom is 0.346 e. The highest BCUT2D eigenvalue weighted by Gasteiger charge is 2.25. The minimum absolute atomic E-state index is 0.433. The Morgan fingerprint density at radius 3 is 1.89 bits per heavy atom. The molecule has 0 heterocycles. The summed E-state index contributed by atoms with van der Waals surface area (Å²) in [5.41, 5.74) is 7.96. The topological polar surface area (TPSA) is 83.6 Å². The van der Waals surface area contributed by atoms with Crippen LogP contribution in [0.1, 0.15) is 11.3 Å². The van der Waals surface area contributed by atoms with Crippen molar-refractivity contribution >= 4 is 7.60 Å². The van der Waals surface area contributed by atoms with Gasteiger partial charge in [0.1, 0.15) is 5.78 Å². The smallest absolute Gasteiger partial charge is 0.323 e. The minimum atomic E-state index is -4.29. The van der Waals surface area contributed by atoms with Crippen molar-refractivity contribution in [3.05, 3.63) is 60.2 Å². The average molecular weight is 263 g/mol. The molecule has 0 amide bonds. The van der Waals surface area contributed by atoms with E-state index in [-0.39, 0.29) is 0 Å². The normalized spacial score (nSPS) is 13.3. The molecule has 0 aliphatic heterocycles. The molecule has 0 spiro atoms. The average Bonchev–Trinajstić information content (AvgIpc) is 2.38. The van der Waals surface area contributed by atoms with Gasteiger partial charge in [0, 0.05) is 0 Å². The molecule has 2 rings (SSSR count). The van der Waals surface area contributed by atoms with E-state index < -0.39 is 13.4 Å². The minimum Gasteiger partial charge on any atom is -0.323 e. The first kappa shape index (κ1) is 13.0. The van der Waals surface area contributed by atoms with Crippen molar-refractivity contribution in [1.29, 1.82) is 0 Å². The number of rotatable bonds is 3. The number of hydrogen-bond donors (Lipinski definition) is 3. The Balaban J connectivity index is 2.29. The lowest BCUT2D eigenvalue weighted by Gasteiger charge is -2.14. The lowest BCUT2D eigenvalue weighted by Crippen LogP contribution is -2.10. The maximum atomic E-state index is 11.1. The van der Waals surface area contributed by atoms with Gasteiger partial charge in [-0.25, -0.2) is 0 Å². The van der Waals surface area contributed by atoms with Crippen LogP contribution < -0.4 is 5.73 Å². The molecular weight excluding hydrogens is 249 g/mol. The first-order valence-electron chi connectivity index (χ1n) is 5.44. The summed E-state index contributed by atoms with van der Waals surface area (Å²) in [6, 6.07) is 16.6. The highest BCUT2D eigenvalue weighted by atomic mass is 31.2. The van der Waals surface area contributed by atoms with Crippen LogP contribution >= 0.6 is 7.60 Å². The standard InChI is InChI=1S/C13H14NO3P/c14-13(18(15,16)17)12-8-6-11(7-9-12)10-4-2-1-3-5-10/h1-9,13H,14H2,(H2,15,16,17)/t13-/m0/s1. The third kappa shape index (κ3) is 2.86. The highest BCUT2D eigenvalue weighted by molar-refractivity contribution is 7.52. The van der Waals surface area contributed by atoms with Gasteiger partial charge in [0.05, 0.1) is 0 Å². The van der Waals surface area contributed by atoms with Crippen LogP contribution in [0.3, 0.4) is 0 Å². The second-order valence-electron chi connectivity index (χ2n) is 4.02. The molecule has 0 unspecified atom stereocenters. The lowest BCUT2D eigenvalue weighted by atomic mass is 10.0. The van der Waals surface area contributed by atoms with Crippen LogP contribution in [0.4, 0.5) is 0 Å². The molecule has 94 valence electrons. The van der Waals surface area contributed by atoms with Crippen LogP contribution in [0, 0.1) is 0 Å². The van der Waals surface area contributed by atoms with E-state index in [1.54, 1.807) is 24.3 Å². The highest BCUT2D eigenvalue weighted by Crippen LogP contribution is 2.48. The Kier molecular flexibility index (Phi) is 3.64. The number of hydrogen-bond acceptors (Lipinski definition) is 2. The van der Waals surface area contributed by atoms with Gasteiger partial charge in [-0.1, -0.05) is 54.6 Å². The molecule has 5 heteroatoms. The number of benzene rings is 2. The molecule has 18 heavy (non-hydrogen) atoms. The van der Waals surface area contributed by atoms with E-state index in [0.29, 0.717) is 5.56 Å². The third-order valence-corrected chi connectivity index (χ3v) is 3.74. The van der Waals surface area contributed by atoms with Crippen LogP contribution in [-0.4, -0.2) is 9.79 Å². The van der Waals surface area contributed by atoms with Gasteiger partial charge in [-0.3, -0.25) is 4.57 Å². The van der Waals surface area contributed by atoms with E-state index >= 15 is 0 Å². The van der Waals surface area contributed by atoms with E-state index in [2.05, 4.69) is 0 Å². The van der Waals surface area contributed by atoms with Gasteiger partial charge in [-0.2, -0.15) is 0 Å². The van der Waals surface area contributed by atoms with Crippen molar-refractivity contribution in [2.75, 3.05) is 0 Å². The van der Waals surface area contributed by atoms with Gasteiger partial charge in [0.15, 0.2) is 0 Å². The monoisotopic (exact) mass is 263 g/mol. The van der Waals surface area contributed by atoms with E-state index in [0.717, 1.165) is 11.1 Å². The molecule has 0 radical (unpaired) electrons. The predicted molar refractivity (Wildman–Crippen MR) is 70.9 cm³/mol. The van der Waals surface area contributed by atoms with Crippen molar-refractivity contribution in [2.24, 2.45) is 5.73 Å². The molecule has 0 aromatic heterocycles. The van der Waals surface area contributed by atoms with Crippen molar-refractivity contribution in [2.45, 2.75) is 5.78 Å². The Morgan fingerprint density at radius 1 is 0.889 bits per heavy atom. The van der Waals surface area contributed by atoms with E-state index in [1.165, 1.54) is 0 Å². The van der Waals surface area contributed by atoms with Crippen LogP contribution in [0.5, 0.6) is 0 Å². The second-order valence-corrected chi connectivity index (χ2v) is 5.76. The summed E-state index contributed by atoms with van der Waals surface area (Å²) >= 11 is 0. The first-order chi connectivity index (χ1) is 8.48. The Hall–Kier alpha value is -1.45. The van der Waals surface area contributed by atoms with Crippen LogP contribution in [0.15, 0.2) is 54.6 Å². The fourth-order valence-corrected chi connectivity index (χ4v) is 2.26. The molecule has 0 saturated heterocycles. The van der Waals surface area contributed by atoms with Crippen LogP contribution in [0.2, 0.25) is 0 Å². The maximum absolute atomic E-state index is 11.1. The van der Waals surface area contributed by atoms with Gasteiger partial charge >= 0.3 is 7.60 Å². The summed E-state index contributed by atoms with van der Waals surface area (Å²) in [5.74, 6) is -1.26. The molecule has 4 N–H and O–H groups in total. The molecule has 0 saturated carbocycles. The van der Waals surface area contributed by atoms with Crippen molar-refractivity contribution in [1.82, 2.24) is 0 Å². The van der Waals surface area contributed by atoms with Gasteiger partial charge < -0.3 is 15.5 Å². The lowest BCUT2D eigenvalue weighted by molar-refractivity contribution is 0.359. The van der Waals surface area contributed by atoms with Crippen LogP contribution in [0.25, 0.3) is 11.1 Å². The zero-order chi connectivity index (χ0) is 13.2. The van der Waals surface area contributed by atoms with E-state index in [1.807, 2.05) is 30.3 Å². The largest absolute Gasteiger partial charge is 0.346 e. The Morgan fingerprint density at radius 2 is 1.39 bits per heavy atom. The molecule has 0 fully saturated rings. The predicted octanol–water partition coefficient (Wildman–Crippen LogP) is 2.49. The zero-order valence-electron chi connectivity index (χ0n) is 9.60. The summed E-state index contributed by atoms with van der Waals surface area (Å²) in [6.45, 7) is 0. The Labute approximate surface area is 105 Å². The quantitative estimate of drug-likeness (QED) is 0.743. The van der Waals surface area contributed by atoms with Crippen LogP contribution in [-0.2, 0) is 4.57 Å². The molecular formula is C13H14NO3P. The fourth-order valence-electron chi connectivity index (χ4n) is 1.70. The van der Waals surface area contributed by atoms with Gasteiger partial charge in [-0.15, -0.1) is 0 Å². The molecule has 0 aliphatic carbocycles. The SMILES string of the molecule is N[C@H](c1ccc(-c2ccccc2)cc1)P(=O)(O)O. The molecule has 2 aromatic carbocycles. The van der Waals surface area contributed by atoms with E-state index in [9.17, 15) is 4.57 Å². The molecule has 0 aliphatic rings. The molecule has 2 aromatic rings. The fraction of sp³-hybridized carbons (Fsp3) is 0.0769. The summed E-state index contributed by atoms with van der Waals surface area (Å²) in [7, 11) is -4.29. The number of nitrogens with two attached hydrogens (primary N) is 1. The van der Waals surface area contributed by atoms with Crippen molar-refractivity contribution < 1.29 is 14.4 Å². The molecule has 0 bridgehead atoms. The third-order valence-electron chi connectivity index (χ3n) is 2.72. The van der Waals surface area contributed by atoms with E-state index in [4.69, 9.17) is 15.5 Å². The zero-order valence-corrected chi connectivity index (χ0v) is 10.5. The van der Waals surface area contributed by atoms with Gasteiger partial charge in [-0.05, 0) is 16.7 Å². The van der Waals surface area contributed by atoms with Crippen molar-refractivity contribution in [3.63, 3.8) is 0 Å². The molecule has 4 nitrogen and oxygen atoms in total. The summed E-state index contributed by atoms with van der Waals surface area (Å²) in [6.07, 6.45) is 0. The van der Waals surface area contributed by atoms with Gasteiger partial charge in [0.25, 0.3) is 0 Å².